The monoisotopic (exact) mass is 490 g/mol. The Bertz CT molecular complexity index is 1230. The van der Waals surface area contributed by atoms with Gasteiger partial charge < -0.3 is 10.2 Å². The molecule has 1 unspecified atom stereocenters. The number of nitrogens with one attached hydrogen (secondary N) is 1. The number of carbonyl (C=O) groups is 1. The Hall–Kier alpha value is -3.15. The molecular formula is C30H42N4O2. The van der Waals surface area contributed by atoms with E-state index in [9.17, 15) is 9.59 Å². The molecule has 0 radical (unpaired) electrons. The predicted molar refractivity (Wildman–Crippen MR) is 150 cm³/mol. The van der Waals surface area contributed by atoms with Gasteiger partial charge >= 0.3 is 6.03 Å². The number of hydrogen-bond acceptors (Lipinski definition) is 3. The lowest BCUT2D eigenvalue weighted by molar-refractivity contribution is 0.170. The molecule has 0 saturated carbocycles. The molecule has 0 fully saturated rings. The van der Waals surface area contributed by atoms with Crippen LogP contribution in [0.4, 0.5) is 10.5 Å². The van der Waals surface area contributed by atoms with Gasteiger partial charge in [-0.05, 0) is 54.4 Å². The van der Waals surface area contributed by atoms with Gasteiger partial charge in [-0.15, -0.1) is 0 Å². The van der Waals surface area contributed by atoms with E-state index in [1.807, 2.05) is 43.0 Å². The van der Waals surface area contributed by atoms with Crippen molar-refractivity contribution < 1.29 is 4.79 Å². The first-order valence-corrected chi connectivity index (χ1v) is 13.3. The van der Waals surface area contributed by atoms with E-state index in [1.165, 1.54) is 0 Å². The summed E-state index contributed by atoms with van der Waals surface area (Å²) >= 11 is 0. The third-order valence-electron chi connectivity index (χ3n) is 6.70. The molecule has 0 bridgehead atoms. The quantitative estimate of drug-likeness (QED) is 0.342. The Morgan fingerprint density at radius 3 is 2.08 bits per heavy atom. The Balaban J connectivity index is 2.13. The molecule has 3 rings (SSSR count). The summed E-state index contributed by atoms with van der Waals surface area (Å²) in [7, 11) is 0. The van der Waals surface area contributed by atoms with Crippen molar-refractivity contribution in [3.05, 3.63) is 69.8 Å². The summed E-state index contributed by atoms with van der Waals surface area (Å²) < 4.78 is 1.72. The van der Waals surface area contributed by atoms with Crippen molar-refractivity contribution in [2.75, 3.05) is 11.9 Å². The topological polar surface area (TPSA) is 67.2 Å². The summed E-state index contributed by atoms with van der Waals surface area (Å²) in [6.45, 7) is 17.9. The third-order valence-corrected chi connectivity index (χ3v) is 6.70. The van der Waals surface area contributed by atoms with Crippen molar-refractivity contribution in [3.8, 4) is 0 Å². The predicted octanol–water partition coefficient (Wildman–Crippen LogP) is 7.30. The van der Waals surface area contributed by atoms with Gasteiger partial charge in [0, 0.05) is 18.8 Å². The molecule has 0 spiro atoms. The lowest BCUT2D eigenvalue weighted by Gasteiger charge is -2.34. The maximum Gasteiger partial charge on any atom is 0.322 e. The molecule has 6 heteroatoms. The summed E-state index contributed by atoms with van der Waals surface area (Å²) in [6.07, 6.45) is 0.647. The zero-order valence-electron chi connectivity index (χ0n) is 23.1. The van der Waals surface area contributed by atoms with Gasteiger partial charge in [0.05, 0.1) is 16.9 Å². The fourth-order valence-electron chi connectivity index (χ4n) is 4.91. The van der Waals surface area contributed by atoms with E-state index >= 15 is 0 Å². The number of benzene rings is 2. The molecule has 2 aromatic carbocycles. The molecule has 1 aromatic heterocycles. The maximum absolute atomic E-state index is 14.0. The fraction of sp³-hybridized carbons (Fsp3) is 0.500. The van der Waals surface area contributed by atoms with E-state index in [0.29, 0.717) is 36.2 Å². The highest BCUT2D eigenvalue weighted by atomic mass is 16.2. The number of anilines is 1. The van der Waals surface area contributed by atoms with Gasteiger partial charge in [-0.1, -0.05) is 78.8 Å². The number of amides is 2. The minimum absolute atomic E-state index is 0.0614. The second-order valence-corrected chi connectivity index (χ2v) is 10.6. The van der Waals surface area contributed by atoms with Crippen LogP contribution < -0.4 is 10.9 Å². The standard InChI is InChI=1S/C30H42N4O2/c1-9-26(28-31-25-17-12-11-14-24(25)29(35)33(28)10-2)34(18-19(3)4)30(36)32-27-22(20(5)6)15-13-16-23(27)21(7)8/h11-17,19-21,26H,9-10,18H2,1-8H3,(H,32,36). The van der Waals surface area contributed by atoms with E-state index in [4.69, 9.17) is 4.98 Å². The van der Waals surface area contributed by atoms with Crippen LogP contribution in [-0.2, 0) is 6.54 Å². The number of carbonyl (C=O) groups excluding carboxylic acids is 1. The Kier molecular flexibility index (Phi) is 8.93. The summed E-state index contributed by atoms with van der Waals surface area (Å²) in [6, 6.07) is 13.2. The largest absolute Gasteiger partial charge is 0.322 e. The van der Waals surface area contributed by atoms with Crippen LogP contribution >= 0.6 is 0 Å². The number of para-hydroxylation sites is 2. The van der Waals surface area contributed by atoms with Crippen LogP contribution in [0.25, 0.3) is 10.9 Å². The fourth-order valence-corrected chi connectivity index (χ4v) is 4.91. The lowest BCUT2D eigenvalue weighted by atomic mass is 9.92. The highest BCUT2D eigenvalue weighted by molar-refractivity contribution is 5.92. The van der Waals surface area contributed by atoms with Gasteiger partial charge in [0.2, 0.25) is 0 Å². The first-order valence-electron chi connectivity index (χ1n) is 13.3. The molecule has 0 aliphatic heterocycles. The molecule has 1 heterocycles. The molecule has 0 aliphatic rings. The van der Waals surface area contributed by atoms with Crippen LogP contribution in [0.2, 0.25) is 0 Å². The van der Waals surface area contributed by atoms with Gasteiger partial charge in [0.25, 0.3) is 5.56 Å². The average Bonchev–Trinajstić information content (AvgIpc) is 2.83. The highest BCUT2D eigenvalue weighted by Gasteiger charge is 2.30. The second-order valence-electron chi connectivity index (χ2n) is 10.6. The van der Waals surface area contributed by atoms with E-state index in [0.717, 1.165) is 16.8 Å². The molecule has 1 N–H and O–H groups in total. The number of rotatable bonds is 9. The van der Waals surface area contributed by atoms with Crippen LogP contribution in [0.3, 0.4) is 0 Å². The summed E-state index contributed by atoms with van der Waals surface area (Å²) in [5.41, 5.74) is 3.75. The van der Waals surface area contributed by atoms with Gasteiger partial charge in [-0.25, -0.2) is 9.78 Å². The normalized spacial score (nSPS) is 12.5. The van der Waals surface area contributed by atoms with Crippen molar-refractivity contribution in [2.24, 2.45) is 5.92 Å². The van der Waals surface area contributed by atoms with E-state index in [-0.39, 0.29) is 35.4 Å². The van der Waals surface area contributed by atoms with Crippen LogP contribution in [0, 0.1) is 5.92 Å². The molecule has 0 saturated heterocycles. The third kappa shape index (κ3) is 5.63. The first-order chi connectivity index (χ1) is 17.1. The van der Waals surface area contributed by atoms with Crippen molar-refractivity contribution >= 4 is 22.6 Å². The SMILES string of the molecule is CCC(c1nc2ccccc2c(=O)n1CC)N(CC(C)C)C(=O)Nc1c(C(C)C)cccc1C(C)C. The Labute approximate surface area is 215 Å². The van der Waals surface area contributed by atoms with Crippen molar-refractivity contribution in [1.82, 2.24) is 14.5 Å². The zero-order chi connectivity index (χ0) is 26.6. The molecule has 3 aromatic rings. The molecule has 36 heavy (non-hydrogen) atoms. The van der Waals surface area contributed by atoms with Gasteiger partial charge in [-0.3, -0.25) is 9.36 Å². The smallest absolute Gasteiger partial charge is 0.314 e. The number of fused-ring (bicyclic) bond motifs is 1. The van der Waals surface area contributed by atoms with Crippen LogP contribution in [0.15, 0.2) is 47.3 Å². The molecule has 0 aliphatic carbocycles. The van der Waals surface area contributed by atoms with Crippen LogP contribution in [0.5, 0.6) is 0 Å². The van der Waals surface area contributed by atoms with Gasteiger partial charge in [-0.2, -0.15) is 0 Å². The van der Waals surface area contributed by atoms with Crippen LogP contribution in [0.1, 0.15) is 96.6 Å². The molecule has 2 amide bonds. The van der Waals surface area contributed by atoms with Gasteiger partial charge in [0.1, 0.15) is 5.82 Å². The lowest BCUT2D eigenvalue weighted by Crippen LogP contribution is -2.43. The molecule has 194 valence electrons. The Morgan fingerprint density at radius 2 is 1.56 bits per heavy atom. The minimum atomic E-state index is -0.335. The van der Waals surface area contributed by atoms with E-state index < -0.39 is 0 Å². The Morgan fingerprint density at radius 1 is 0.944 bits per heavy atom. The zero-order valence-corrected chi connectivity index (χ0v) is 23.1. The summed E-state index contributed by atoms with van der Waals surface area (Å²) in [4.78, 5) is 34.2. The summed E-state index contributed by atoms with van der Waals surface area (Å²) in [5.74, 6) is 1.43. The van der Waals surface area contributed by atoms with E-state index in [1.54, 1.807) is 4.57 Å². The van der Waals surface area contributed by atoms with Crippen molar-refractivity contribution in [2.45, 2.75) is 86.2 Å². The molecule has 6 nitrogen and oxygen atoms in total. The highest BCUT2D eigenvalue weighted by Crippen LogP contribution is 2.34. The van der Waals surface area contributed by atoms with Crippen molar-refractivity contribution in [1.29, 1.82) is 0 Å². The average molecular weight is 491 g/mol. The number of aromatic nitrogens is 2. The maximum atomic E-state index is 14.0. The second kappa shape index (κ2) is 11.7. The number of nitrogens with zero attached hydrogens (tertiary/aromatic N) is 3. The first kappa shape index (κ1) is 27.4. The van der Waals surface area contributed by atoms with Crippen LogP contribution in [-0.4, -0.2) is 27.0 Å². The summed E-state index contributed by atoms with van der Waals surface area (Å²) in [5, 5.41) is 3.90. The molecular weight excluding hydrogens is 448 g/mol. The van der Waals surface area contributed by atoms with Gasteiger partial charge in [0.15, 0.2) is 0 Å². The van der Waals surface area contributed by atoms with Crippen molar-refractivity contribution in [3.63, 3.8) is 0 Å². The number of hydrogen-bond donors (Lipinski definition) is 1. The molecule has 1 atom stereocenters. The number of urea groups is 1. The van der Waals surface area contributed by atoms with E-state index in [2.05, 4.69) is 65.1 Å². The minimum Gasteiger partial charge on any atom is -0.314 e.